The van der Waals surface area contributed by atoms with Gasteiger partial charge in [-0.25, -0.2) is 9.78 Å². The van der Waals surface area contributed by atoms with Crippen LogP contribution in [0.3, 0.4) is 0 Å². The van der Waals surface area contributed by atoms with Crippen molar-refractivity contribution in [3.05, 3.63) is 30.3 Å². The Labute approximate surface area is 85.7 Å². The SMILES string of the molecule is NC(=O)Oc1ccc2cccc(N)c2n1. The van der Waals surface area contributed by atoms with Crippen molar-refractivity contribution in [2.45, 2.75) is 0 Å². The normalized spacial score (nSPS) is 10.1. The van der Waals surface area contributed by atoms with Gasteiger partial charge in [0.2, 0.25) is 5.88 Å². The van der Waals surface area contributed by atoms with Crippen LogP contribution in [0.5, 0.6) is 5.88 Å². The number of amides is 1. The van der Waals surface area contributed by atoms with Crippen LogP contribution in [0.1, 0.15) is 0 Å². The van der Waals surface area contributed by atoms with Crippen molar-refractivity contribution in [2.24, 2.45) is 5.73 Å². The number of primary amides is 1. The van der Waals surface area contributed by atoms with Gasteiger partial charge in [-0.2, -0.15) is 0 Å². The molecule has 0 saturated heterocycles. The van der Waals surface area contributed by atoms with E-state index in [0.717, 1.165) is 5.39 Å². The average molecular weight is 203 g/mol. The highest BCUT2D eigenvalue weighted by Gasteiger charge is 2.03. The molecule has 1 aromatic carbocycles. The van der Waals surface area contributed by atoms with E-state index < -0.39 is 6.09 Å². The molecule has 0 atom stereocenters. The second-order valence-electron chi connectivity index (χ2n) is 2.99. The van der Waals surface area contributed by atoms with Crippen molar-refractivity contribution in [3.8, 4) is 5.88 Å². The number of nitrogens with two attached hydrogens (primary N) is 2. The molecule has 76 valence electrons. The second-order valence-corrected chi connectivity index (χ2v) is 2.99. The predicted octanol–water partition coefficient (Wildman–Crippen LogP) is 1.27. The molecule has 2 aromatic rings. The van der Waals surface area contributed by atoms with Crippen molar-refractivity contribution in [1.82, 2.24) is 4.98 Å². The van der Waals surface area contributed by atoms with Crippen LogP contribution in [0.4, 0.5) is 10.5 Å². The largest absolute Gasteiger partial charge is 0.411 e. The molecule has 2 rings (SSSR count). The van der Waals surface area contributed by atoms with E-state index in [-0.39, 0.29) is 5.88 Å². The van der Waals surface area contributed by atoms with Crippen LogP contribution in [0.15, 0.2) is 30.3 Å². The third-order valence-corrected chi connectivity index (χ3v) is 1.93. The third kappa shape index (κ3) is 1.80. The lowest BCUT2D eigenvalue weighted by Crippen LogP contribution is -2.16. The maximum atomic E-state index is 10.5. The maximum Gasteiger partial charge on any atom is 0.411 e. The number of hydrogen-bond acceptors (Lipinski definition) is 4. The summed E-state index contributed by atoms with van der Waals surface area (Å²) >= 11 is 0. The van der Waals surface area contributed by atoms with E-state index in [4.69, 9.17) is 11.5 Å². The summed E-state index contributed by atoms with van der Waals surface area (Å²) in [7, 11) is 0. The van der Waals surface area contributed by atoms with Crippen molar-refractivity contribution >= 4 is 22.7 Å². The van der Waals surface area contributed by atoms with Crippen LogP contribution in [-0.2, 0) is 0 Å². The van der Waals surface area contributed by atoms with Crippen LogP contribution in [0.2, 0.25) is 0 Å². The fourth-order valence-corrected chi connectivity index (χ4v) is 1.31. The summed E-state index contributed by atoms with van der Waals surface area (Å²) in [4.78, 5) is 14.6. The highest BCUT2D eigenvalue weighted by atomic mass is 16.6. The van der Waals surface area contributed by atoms with E-state index in [1.165, 1.54) is 0 Å². The number of benzene rings is 1. The number of aromatic nitrogens is 1. The predicted molar refractivity (Wildman–Crippen MR) is 56.4 cm³/mol. The highest BCUT2D eigenvalue weighted by molar-refractivity contribution is 5.89. The molecule has 0 unspecified atom stereocenters. The Kier molecular flexibility index (Phi) is 2.13. The number of rotatable bonds is 1. The molecule has 0 saturated carbocycles. The minimum atomic E-state index is -0.892. The van der Waals surface area contributed by atoms with Crippen molar-refractivity contribution in [1.29, 1.82) is 0 Å². The third-order valence-electron chi connectivity index (χ3n) is 1.93. The summed E-state index contributed by atoms with van der Waals surface area (Å²) in [6.45, 7) is 0. The van der Waals surface area contributed by atoms with E-state index in [9.17, 15) is 4.79 Å². The quantitative estimate of drug-likeness (QED) is 0.683. The number of para-hydroxylation sites is 1. The molecular weight excluding hydrogens is 194 g/mol. The first kappa shape index (κ1) is 9.26. The molecule has 0 aliphatic rings. The topological polar surface area (TPSA) is 91.2 Å². The number of nitrogen functional groups attached to an aromatic ring is 1. The molecule has 15 heavy (non-hydrogen) atoms. The van der Waals surface area contributed by atoms with Gasteiger partial charge in [0, 0.05) is 11.5 Å². The maximum absolute atomic E-state index is 10.5. The van der Waals surface area contributed by atoms with Crippen LogP contribution >= 0.6 is 0 Å². The monoisotopic (exact) mass is 203 g/mol. The fraction of sp³-hybridized carbons (Fsp3) is 0. The Morgan fingerprint density at radius 2 is 2.07 bits per heavy atom. The van der Waals surface area contributed by atoms with Crippen LogP contribution in [0, 0.1) is 0 Å². The van der Waals surface area contributed by atoms with Gasteiger partial charge in [0.1, 0.15) is 0 Å². The van der Waals surface area contributed by atoms with E-state index in [1.54, 1.807) is 18.2 Å². The van der Waals surface area contributed by atoms with E-state index in [0.29, 0.717) is 11.2 Å². The first-order valence-corrected chi connectivity index (χ1v) is 4.29. The molecule has 1 heterocycles. The van der Waals surface area contributed by atoms with Crippen LogP contribution in [0.25, 0.3) is 10.9 Å². The number of carbonyl (C=O) groups excluding carboxylic acids is 1. The highest BCUT2D eigenvalue weighted by Crippen LogP contribution is 2.21. The van der Waals surface area contributed by atoms with Crippen molar-refractivity contribution in [2.75, 3.05) is 5.73 Å². The number of anilines is 1. The zero-order valence-corrected chi connectivity index (χ0v) is 7.81. The van der Waals surface area contributed by atoms with Gasteiger partial charge in [-0.15, -0.1) is 0 Å². The van der Waals surface area contributed by atoms with Crippen molar-refractivity contribution in [3.63, 3.8) is 0 Å². The standard InChI is InChI=1S/C10H9N3O2/c11-7-3-1-2-6-4-5-8(13-9(6)7)15-10(12)14/h1-5H,11H2,(H2,12,14). The van der Waals surface area contributed by atoms with E-state index in [2.05, 4.69) is 9.72 Å². The Hall–Kier alpha value is -2.30. The summed E-state index contributed by atoms with van der Waals surface area (Å²) in [5.41, 5.74) is 11.7. The fourth-order valence-electron chi connectivity index (χ4n) is 1.31. The lowest BCUT2D eigenvalue weighted by molar-refractivity contribution is 0.209. The van der Waals surface area contributed by atoms with Crippen LogP contribution in [-0.4, -0.2) is 11.1 Å². The molecular formula is C10H9N3O2. The zero-order valence-electron chi connectivity index (χ0n) is 7.81. The van der Waals surface area contributed by atoms with Gasteiger partial charge in [-0.05, 0) is 12.1 Å². The molecule has 0 radical (unpaired) electrons. The Morgan fingerprint density at radius 1 is 1.27 bits per heavy atom. The number of fused-ring (bicyclic) bond motifs is 1. The molecule has 0 bridgehead atoms. The summed E-state index contributed by atoms with van der Waals surface area (Å²) in [5.74, 6) is 0.146. The first-order valence-electron chi connectivity index (χ1n) is 4.29. The molecule has 0 fully saturated rings. The molecule has 5 heteroatoms. The zero-order chi connectivity index (χ0) is 10.8. The molecule has 5 nitrogen and oxygen atoms in total. The Balaban J connectivity index is 2.54. The molecule has 4 N–H and O–H groups in total. The van der Waals surface area contributed by atoms with Crippen LogP contribution < -0.4 is 16.2 Å². The second kappa shape index (κ2) is 3.45. The molecule has 0 spiro atoms. The molecule has 0 aliphatic heterocycles. The molecule has 1 aromatic heterocycles. The summed E-state index contributed by atoms with van der Waals surface area (Å²) < 4.78 is 4.65. The minimum Gasteiger partial charge on any atom is -0.397 e. The summed E-state index contributed by atoms with van der Waals surface area (Å²) in [6, 6.07) is 8.74. The van der Waals surface area contributed by atoms with Gasteiger partial charge in [0.25, 0.3) is 0 Å². The number of carbonyl (C=O) groups is 1. The van der Waals surface area contributed by atoms with Gasteiger partial charge >= 0.3 is 6.09 Å². The number of pyridine rings is 1. The Bertz CT molecular complexity index is 525. The van der Waals surface area contributed by atoms with Gasteiger partial charge in [0.05, 0.1) is 11.2 Å². The van der Waals surface area contributed by atoms with Crippen molar-refractivity contribution < 1.29 is 9.53 Å². The van der Waals surface area contributed by atoms with Gasteiger partial charge < -0.3 is 16.2 Å². The summed E-state index contributed by atoms with van der Waals surface area (Å²) in [6.07, 6.45) is -0.892. The van der Waals surface area contributed by atoms with E-state index >= 15 is 0 Å². The first-order chi connectivity index (χ1) is 7.16. The minimum absolute atomic E-state index is 0.146. The number of hydrogen-bond donors (Lipinski definition) is 2. The van der Waals surface area contributed by atoms with Gasteiger partial charge in [-0.1, -0.05) is 12.1 Å². The summed E-state index contributed by atoms with van der Waals surface area (Å²) in [5, 5.41) is 0.881. The van der Waals surface area contributed by atoms with Gasteiger partial charge in [-0.3, -0.25) is 0 Å². The van der Waals surface area contributed by atoms with E-state index in [1.807, 2.05) is 12.1 Å². The lowest BCUT2D eigenvalue weighted by atomic mass is 10.2. The molecule has 1 amide bonds. The van der Waals surface area contributed by atoms with Gasteiger partial charge in [0.15, 0.2) is 0 Å². The smallest absolute Gasteiger partial charge is 0.397 e. The number of nitrogens with zero attached hydrogens (tertiary/aromatic N) is 1. The number of ether oxygens (including phenoxy) is 1. The Morgan fingerprint density at radius 3 is 2.80 bits per heavy atom. The molecule has 0 aliphatic carbocycles. The lowest BCUT2D eigenvalue weighted by Gasteiger charge is -2.03. The average Bonchev–Trinajstić information content (AvgIpc) is 2.18.